The molecule has 18 heavy (non-hydrogen) atoms. The molecule has 0 unspecified atom stereocenters. The van der Waals surface area contributed by atoms with E-state index in [9.17, 15) is 4.79 Å². The van der Waals surface area contributed by atoms with E-state index < -0.39 is 0 Å². The summed E-state index contributed by atoms with van der Waals surface area (Å²) in [7, 11) is 1.71. The van der Waals surface area contributed by atoms with Crippen molar-refractivity contribution < 1.29 is 0 Å². The maximum absolute atomic E-state index is 11.8. The predicted octanol–water partition coefficient (Wildman–Crippen LogP) is -0.00820. The van der Waals surface area contributed by atoms with Gasteiger partial charge in [0.15, 0.2) is 5.52 Å². The Morgan fingerprint density at radius 2 is 2.39 bits per heavy atom. The van der Waals surface area contributed by atoms with Gasteiger partial charge in [-0.1, -0.05) is 0 Å². The Balaban J connectivity index is 1.91. The first-order valence-electron chi connectivity index (χ1n) is 5.38. The van der Waals surface area contributed by atoms with Gasteiger partial charge in [0, 0.05) is 13.2 Å². The van der Waals surface area contributed by atoms with Crippen LogP contribution >= 0.6 is 0 Å². The quantitative estimate of drug-likeness (QED) is 0.602. The molecule has 3 aromatic heterocycles. The second kappa shape index (κ2) is 3.99. The standard InChI is InChI=1S/C10H11N7O/c1-17-8-7(5-13-17)14-10(15-9(8)18)11-4-6-2-3-12-16-6/h2-3,5H,4H2,1H3,(H,12,16)(H2,11,14,15,18). The van der Waals surface area contributed by atoms with Crippen LogP contribution in [0.25, 0.3) is 11.0 Å². The molecule has 3 rings (SSSR count). The monoisotopic (exact) mass is 245 g/mol. The third-order valence-electron chi connectivity index (χ3n) is 2.60. The van der Waals surface area contributed by atoms with Crippen molar-refractivity contribution in [2.45, 2.75) is 6.54 Å². The number of fused-ring (bicyclic) bond motifs is 1. The molecule has 0 radical (unpaired) electrons. The minimum atomic E-state index is -0.216. The summed E-state index contributed by atoms with van der Waals surface area (Å²) in [6, 6.07) is 1.84. The fourth-order valence-corrected chi connectivity index (χ4v) is 1.73. The molecule has 8 heteroatoms. The summed E-state index contributed by atoms with van der Waals surface area (Å²) in [5, 5.41) is 13.7. The highest BCUT2D eigenvalue weighted by molar-refractivity contribution is 5.73. The first-order valence-corrected chi connectivity index (χ1v) is 5.38. The van der Waals surface area contributed by atoms with Crippen LogP contribution in [-0.4, -0.2) is 29.9 Å². The minimum absolute atomic E-state index is 0.216. The van der Waals surface area contributed by atoms with Crippen LogP contribution in [-0.2, 0) is 13.6 Å². The van der Waals surface area contributed by atoms with Crippen molar-refractivity contribution in [2.24, 2.45) is 7.05 Å². The van der Waals surface area contributed by atoms with Gasteiger partial charge in [0.2, 0.25) is 5.95 Å². The van der Waals surface area contributed by atoms with E-state index >= 15 is 0 Å². The van der Waals surface area contributed by atoms with E-state index in [0.717, 1.165) is 5.69 Å². The maximum atomic E-state index is 11.8. The third kappa shape index (κ3) is 1.73. The molecule has 3 aromatic rings. The highest BCUT2D eigenvalue weighted by atomic mass is 16.1. The Morgan fingerprint density at radius 1 is 1.50 bits per heavy atom. The molecule has 0 fully saturated rings. The Labute approximate surface area is 101 Å². The van der Waals surface area contributed by atoms with Crippen molar-refractivity contribution >= 4 is 17.0 Å². The summed E-state index contributed by atoms with van der Waals surface area (Å²) >= 11 is 0. The van der Waals surface area contributed by atoms with E-state index in [1.807, 2.05) is 6.07 Å². The number of aromatic nitrogens is 6. The van der Waals surface area contributed by atoms with E-state index in [0.29, 0.717) is 23.5 Å². The molecule has 0 aliphatic carbocycles. The molecule has 0 saturated carbocycles. The first-order chi connectivity index (χ1) is 8.74. The van der Waals surface area contributed by atoms with Gasteiger partial charge in [-0.2, -0.15) is 10.2 Å². The van der Waals surface area contributed by atoms with Crippen molar-refractivity contribution in [3.63, 3.8) is 0 Å². The lowest BCUT2D eigenvalue weighted by Gasteiger charge is -2.03. The van der Waals surface area contributed by atoms with Gasteiger partial charge < -0.3 is 5.32 Å². The van der Waals surface area contributed by atoms with E-state index in [1.54, 1.807) is 19.4 Å². The molecule has 0 bridgehead atoms. The van der Waals surface area contributed by atoms with Crippen LogP contribution < -0.4 is 10.9 Å². The van der Waals surface area contributed by atoms with Gasteiger partial charge in [0.25, 0.3) is 5.56 Å². The molecule has 0 aliphatic heterocycles. The number of nitrogens with zero attached hydrogens (tertiary/aromatic N) is 4. The summed E-state index contributed by atoms with van der Waals surface area (Å²) in [5.74, 6) is 0.412. The summed E-state index contributed by atoms with van der Waals surface area (Å²) in [5.41, 5.74) is 1.71. The molecule has 8 nitrogen and oxygen atoms in total. The van der Waals surface area contributed by atoms with E-state index in [2.05, 4.69) is 30.6 Å². The molecule has 0 amide bonds. The van der Waals surface area contributed by atoms with Gasteiger partial charge in [-0.15, -0.1) is 0 Å². The fraction of sp³-hybridized carbons (Fsp3) is 0.200. The van der Waals surface area contributed by atoms with Crippen LogP contribution in [0, 0.1) is 0 Å². The summed E-state index contributed by atoms with van der Waals surface area (Å²) < 4.78 is 1.50. The average Bonchev–Trinajstić information content (AvgIpc) is 2.97. The van der Waals surface area contributed by atoms with Crippen molar-refractivity contribution in [3.05, 3.63) is 34.5 Å². The number of hydrogen-bond acceptors (Lipinski definition) is 5. The van der Waals surface area contributed by atoms with Gasteiger partial charge in [-0.3, -0.25) is 19.6 Å². The summed E-state index contributed by atoms with van der Waals surface area (Å²) in [6.45, 7) is 0.509. The second-order valence-corrected chi connectivity index (χ2v) is 3.85. The van der Waals surface area contributed by atoms with E-state index in [-0.39, 0.29) is 5.56 Å². The Bertz CT molecular complexity index is 724. The molecule has 0 spiro atoms. The zero-order valence-corrected chi connectivity index (χ0v) is 9.64. The van der Waals surface area contributed by atoms with Crippen LogP contribution in [0.15, 0.2) is 23.3 Å². The number of aromatic amines is 2. The smallest absolute Gasteiger partial charge is 0.278 e. The zero-order chi connectivity index (χ0) is 12.5. The topological polar surface area (TPSA) is 104 Å². The molecule has 0 atom stereocenters. The molecule has 0 saturated heterocycles. The van der Waals surface area contributed by atoms with Crippen LogP contribution in [0.5, 0.6) is 0 Å². The van der Waals surface area contributed by atoms with Gasteiger partial charge in [-0.05, 0) is 6.07 Å². The SMILES string of the molecule is Cn1ncc2nc(NCc3ccn[nH]3)[nH]c(=O)c21. The molecule has 0 aromatic carbocycles. The average molecular weight is 245 g/mol. The highest BCUT2D eigenvalue weighted by Crippen LogP contribution is 2.07. The lowest BCUT2D eigenvalue weighted by molar-refractivity contribution is 0.792. The lowest BCUT2D eigenvalue weighted by Crippen LogP contribution is -2.15. The van der Waals surface area contributed by atoms with Gasteiger partial charge in [-0.25, -0.2) is 4.98 Å². The van der Waals surface area contributed by atoms with Gasteiger partial charge in [0.1, 0.15) is 5.52 Å². The molecule has 3 heterocycles. The molecule has 92 valence electrons. The van der Waals surface area contributed by atoms with Gasteiger partial charge >= 0.3 is 0 Å². The molecule has 3 N–H and O–H groups in total. The van der Waals surface area contributed by atoms with Crippen LogP contribution in [0.4, 0.5) is 5.95 Å². The number of rotatable bonds is 3. The number of nitrogens with one attached hydrogen (secondary N) is 3. The van der Waals surface area contributed by atoms with Crippen LogP contribution in [0.1, 0.15) is 5.69 Å². The minimum Gasteiger partial charge on any atom is -0.350 e. The van der Waals surface area contributed by atoms with Crippen molar-refractivity contribution in [2.75, 3.05) is 5.32 Å². The number of H-pyrrole nitrogens is 2. The predicted molar refractivity (Wildman–Crippen MR) is 65.0 cm³/mol. The Kier molecular flexibility index (Phi) is 2.33. The van der Waals surface area contributed by atoms with Crippen LogP contribution in [0.2, 0.25) is 0 Å². The highest BCUT2D eigenvalue weighted by Gasteiger charge is 2.07. The van der Waals surface area contributed by atoms with Gasteiger partial charge in [0.05, 0.1) is 18.4 Å². The number of aryl methyl sites for hydroxylation is 1. The number of hydrogen-bond donors (Lipinski definition) is 3. The second-order valence-electron chi connectivity index (χ2n) is 3.85. The lowest BCUT2D eigenvalue weighted by atomic mass is 10.4. The Hall–Kier alpha value is -2.64. The fourth-order valence-electron chi connectivity index (χ4n) is 1.73. The summed E-state index contributed by atoms with van der Waals surface area (Å²) in [4.78, 5) is 18.8. The first kappa shape index (κ1) is 10.5. The zero-order valence-electron chi connectivity index (χ0n) is 9.64. The molecular weight excluding hydrogens is 234 g/mol. The Morgan fingerprint density at radius 3 is 3.17 bits per heavy atom. The van der Waals surface area contributed by atoms with Crippen molar-refractivity contribution in [3.8, 4) is 0 Å². The third-order valence-corrected chi connectivity index (χ3v) is 2.60. The number of anilines is 1. The van der Waals surface area contributed by atoms with Crippen molar-refractivity contribution in [1.82, 2.24) is 29.9 Å². The van der Waals surface area contributed by atoms with Crippen molar-refractivity contribution in [1.29, 1.82) is 0 Å². The van der Waals surface area contributed by atoms with E-state index in [1.165, 1.54) is 4.68 Å². The summed E-state index contributed by atoms with van der Waals surface area (Å²) in [6.07, 6.45) is 3.23. The van der Waals surface area contributed by atoms with E-state index in [4.69, 9.17) is 0 Å². The van der Waals surface area contributed by atoms with Crippen LogP contribution in [0.3, 0.4) is 0 Å². The normalized spacial score (nSPS) is 10.9. The maximum Gasteiger partial charge on any atom is 0.278 e. The molecular formula is C10H11N7O. The molecule has 0 aliphatic rings. The largest absolute Gasteiger partial charge is 0.350 e.